The molecule has 35 heavy (non-hydrogen) atoms. The minimum Gasteiger partial charge on any atom is -0.481 e. The zero-order valence-electron chi connectivity index (χ0n) is 22.2. The normalized spacial score (nSPS) is 19.3. The van der Waals surface area contributed by atoms with E-state index in [1.54, 1.807) is 7.11 Å². The van der Waals surface area contributed by atoms with Gasteiger partial charge in [0.25, 0.3) is 0 Å². The smallest absolute Gasteiger partial charge is 0.213 e. The summed E-state index contributed by atoms with van der Waals surface area (Å²) in [4.78, 5) is 13.4. The number of pyridine rings is 1. The summed E-state index contributed by atoms with van der Waals surface area (Å²) >= 11 is 0. The van der Waals surface area contributed by atoms with Crippen LogP contribution in [0, 0.1) is 0 Å². The van der Waals surface area contributed by atoms with Crippen molar-refractivity contribution in [3.63, 3.8) is 0 Å². The molecule has 0 saturated carbocycles. The van der Waals surface area contributed by atoms with Crippen molar-refractivity contribution in [1.82, 2.24) is 19.8 Å². The molecule has 0 bridgehead atoms. The molecule has 0 amide bonds. The highest BCUT2D eigenvalue weighted by molar-refractivity contribution is 5.92. The lowest BCUT2D eigenvalue weighted by atomic mass is 9.86. The summed E-state index contributed by atoms with van der Waals surface area (Å²) in [5.41, 5.74) is 6.44. The van der Waals surface area contributed by atoms with Crippen LogP contribution in [-0.4, -0.2) is 65.1 Å². The number of H-pyrrole nitrogens is 1. The number of likely N-dealkylation sites (tertiary alicyclic amines) is 2. The fraction of sp³-hybridized carbons (Fsp3) is 0.567. The van der Waals surface area contributed by atoms with E-state index in [1.165, 1.54) is 79.6 Å². The topological polar surface area (TPSA) is 44.4 Å². The van der Waals surface area contributed by atoms with Crippen LogP contribution in [0.15, 0.2) is 36.5 Å². The maximum absolute atomic E-state index is 5.39. The number of nitrogens with zero attached hydrogens (tertiary/aromatic N) is 3. The van der Waals surface area contributed by atoms with E-state index in [0.29, 0.717) is 23.8 Å². The number of aromatic amines is 1. The number of hydrogen-bond donors (Lipinski definition) is 1. The minimum atomic E-state index is 0.423. The fourth-order valence-corrected chi connectivity index (χ4v) is 6.35. The first-order valence-corrected chi connectivity index (χ1v) is 13.6. The Morgan fingerprint density at radius 1 is 0.943 bits per heavy atom. The number of fused-ring (bicyclic) bond motifs is 1. The second-order valence-electron chi connectivity index (χ2n) is 11.1. The van der Waals surface area contributed by atoms with Gasteiger partial charge < -0.3 is 19.5 Å². The van der Waals surface area contributed by atoms with Crippen LogP contribution in [0.2, 0.25) is 0 Å². The molecule has 2 aromatic heterocycles. The van der Waals surface area contributed by atoms with Gasteiger partial charge in [0.05, 0.1) is 12.8 Å². The third-order valence-corrected chi connectivity index (χ3v) is 8.42. The largest absolute Gasteiger partial charge is 0.481 e. The zero-order chi connectivity index (χ0) is 24.5. The van der Waals surface area contributed by atoms with Crippen LogP contribution in [0.3, 0.4) is 0 Å². The molecular weight excluding hydrogens is 432 g/mol. The standard InChI is InChI=1S/C30H42N4O/c1-20(2)29-26-18-23(6-7-27(26)32-30(29)24-8-13-31-28(19-24)35-5)22-9-14-34(15-10-22)25-11-16-33(17-12-25)21(3)4/h6-8,13,18-22,25,32H,9-12,14-17H2,1-5H3. The van der Waals surface area contributed by atoms with Crippen molar-refractivity contribution in [2.75, 3.05) is 33.3 Å². The van der Waals surface area contributed by atoms with E-state index in [0.717, 1.165) is 11.6 Å². The molecule has 0 aliphatic carbocycles. The highest BCUT2D eigenvalue weighted by Crippen LogP contribution is 2.39. The first-order valence-electron chi connectivity index (χ1n) is 13.6. The molecule has 5 rings (SSSR count). The Kier molecular flexibility index (Phi) is 7.17. The van der Waals surface area contributed by atoms with Crippen LogP contribution in [-0.2, 0) is 0 Å². The Morgan fingerprint density at radius 3 is 2.34 bits per heavy atom. The highest BCUT2D eigenvalue weighted by Gasteiger charge is 2.29. The Labute approximate surface area is 210 Å². The summed E-state index contributed by atoms with van der Waals surface area (Å²) in [6.07, 6.45) is 7.03. The molecule has 5 heteroatoms. The Balaban J connectivity index is 1.33. The summed E-state index contributed by atoms with van der Waals surface area (Å²) in [5.74, 6) is 1.73. The first kappa shape index (κ1) is 24.3. The van der Waals surface area contributed by atoms with Crippen LogP contribution in [0.1, 0.15) is 76.3 Å². The molecule has 0 radical (unpaired) electrons. The lowest BCUT2D eigenvalue weighted by Gasteiger charge is -2.43. The number of nitrogens with one attached hydrogen (secondary N) is 1. The van der Waals surface area contributed by atoms with Gasteiger partial charge in [-0.25, -0.2) is 4.98 Å². The molecule has 2 aliphatic rings. The van der Waals surface area contributed by atoms with E-state index in [1.807, 2.05) is 12.3 Å². The van der Waals surface area contributed by atoms with Crippen molar-refractivity contribution in [3.8, 4) is 17.1 Å². The van der Waals surface area contributed by atoms with Gasteiger partial charge in [0.2, 0.25) is 5.88 Å². The van der Waals surface area contributed by atoms with Gasteiger partial charge in [0, 0.05) is 40.8 Å². The average Bonchev–Trinajstić information content (AvgIpc) is 3.28. The molecule has 1 N–H and O–H groups in total. The van der Waals surface area contributed by atoms with Crippen molar-refractivity contribution in [2.24, 2.45) is 0 Å². The monoisotopic (exact) mass is 474 g/mol. The lowest BCUT2D eigenvalue weighted by Crippen LogP contribution is -2.48. The van der Waals surface area contributed by atoms with Gasteiger partial charge in [-0.2, -0.15) is 0 Å². The van der Waals surface area contributed by atoms with Crippen LogP contribution in [0.4, 0.5) is 0 Å². The molecule has 0 atom stereocenters. The Morgan fingerprint density at radius 2 is 1.69 bits per heavy atom. The molecular formula is C30H42N4O. The molecule has 0 spiro atoms. The number of hydrogen-bond acceptors (Lipinski definition) is 4. The number of ether oxygens (including phenoxy) is 1. The minimum absolute atomic E-state index is 0.423. The maximum atomic E-state index is 5.39. The predicted molar refractivity (Wildman–Crippen MR) is 145 cm³/mol. The van der Waals surface area contributed by atoms with Crippen molar-refractivity contribution in [1.29, 1.82) is 0 Å². The summed E-state index contributed by atoms with van der Waals surface area (Å²) in [5, 5.41) is 1.37. The Bertz CT molecular complexity index is 1130. The Hall–Kier alpha value is -2.37. The van der Waals surface area contributed by atoms with E-state index >= 15 is 0 Å². The van der Waals surface area contributed by atoms with E-state index in [-0.39, 0.29) is 0 Å². The quantitative estimate of drug-likeness (QED) is 0.448. The third-order valence-electron chi connectivity index (χ3n) is 8.42. The van der Waals surface area contributed by atoms with E-state index in [2.05, 4.69) is 71.7 Å². The van der Waals surface area contributed by atoms with Gasteiger partial charge in [-0.3, -0.25) is 0 Å². The van der Waals surface area contributed by atoms with Gasteiger partial charge in [-0.1, -0.05) is 19.9 Å². The molecule has 2 aliphatic heterocycles. The molecule has 2 fully saturated rings. The summed E-state index contributed by atoms with van der Waals surface area (Å²) < 4.78 is 5.39. The van der Waals surface area contributed by atoms with Crippen LogP contribution in [0.5, 0.6) is 5.88 Å². The van der Waals surface area contributed by atoms with Crippen molar-refractivity contribution in [2.45, 2.75) is 77.3 Å². The van der Waals surface area contributed by atoms with Gasteiger partial charge in [-0.15, -0.1) is 0 Å². The van der Waals surface area contributed by atoms with Gasteiger partial charge in [0.1, 0.15) is 0 Å². The van der Waals surface area contributed by atoms with E-state index < -0.39 is 0 Å². The predicted octanol–water partition coefficient (Wildman–Crippen LogP) is 6.41. The van der Waals surface area contributed by atoms with Crippen molar-refractivity contribution < 1.29 is 4.74 Å². The van der Waals surface area contributed by atoms with Gasteiger partial charge in [0.15, 0.2) is 0 Å². The molecule has 0 unspecified atom stereocenters. The average molecular weight is 475 g/mol. The van der Waals surface area contributed by atoms with Gasteiger partial charge >= 0.3 is 0 Å². The SMILES string of the molecule is COc1cc(-c2[nH]c3ccc(C4CCN(C5CCN(C(C)C)CC5)CC4)cc3c2C(C)C)ccn1. The fourth-order valence-electron chi connectivity index (χ4n) is 6.35. The molecule has 4 heterocycles. The molecule has 1 aromatic carbocycles. The van der Waals surface area contributed by atoms with Crippen LogP contribution < -0.4 is 4.74 Å². The number of aromatic nitrogens is 2. The number of benzene rings is 1. The molecule has 188 valence electrons. The van der Waals surface area contributed by atoms with E-state index in [9.17, 15) is 0 Å². The molecule has 2 saturated heterocycles. The number of methoxy groups -OCH3 is 1. The second-order valence-corrected chi connectivity index (χ2v) is 11.1. The van der Waals surface area contributed by atoms with Crippen molar-refractivity contribution >= 4 is 10.9 Å². The second kappa shape index (κ2) is 10.3. The first-order chi connectivity index (χ1) is 16.9. The van der Waals surface area contributed by atoms with Crippen LogP contribution >= 0.6 is 0 Å². The lowest BCUT2D eigenvalue weighted by molar-refractivity contribution is 0.0753. The zero-order valence-corrected chi connectivity index (χ0v) is 22.2. The molecule has 5 nitrogen and oxygen atoms in total. The summed E-state index contributed by atoms with van der Waals surface area (Å²) in [6.45, 7) is 14.2. The number of piperidine rings is 2. The summed E-state index contributed by atoms with van der Waals surface area (Å²) in [7, 11) is 1.67. The highest BCUT2D eigenvalue weighted by atomic mass is 16.5. The third kappa shape index (κ3) is 4.99. The van der Waals surface area contributed by atoms with Crippen molar-refractivity contribution in [3.05, 3.63) is 47.7 Å². The van der Waals surface area contributed by atoms with E-state index in [4.69, 9.17) is 4.74 Å². The van der Waals surface area contributed by atoms with Crippen LogP contribution in [0.25, 0.3) is 22.2 Å². The van der Waals surface area contributed by atoms with Gasteiger partial charge in [-0.05, 0) is 107 Å². The number of rotatable bonds is 6. The maximum Gasteiger partial charge on any atom is 0.213 e. The summed E-state index contributed by atoms with van der Waals surface area (Å²) in [6, 6.07) is 12.7. The molecule has 3 aromatic rings.